The summed E-state index contributed by atoms with van der Waals surface area (Å²) in [4.78, 5) is 0. The van der Waals surface area contributed by atoms with Gasteiger partial charge in [-0.25, -0.2) is 0 Å². The molecule has 0 aliphatic rings. The summed E-state index contributed by atoms with van der Waals surface area (Å²) in [7, 11) is 0. The maximum absolute atomic E-state index is 6.15. The zero-order chi connectivity index (χ0) is 15.1. The van der Waals surface area contributed by atoms with Gasteiger partial charge in [0.15, 0.2) is 5.60 Å². The van der Waals surface area contributed by atoms with Crippen molar-refractivity contribution in [1.82, 2.24) is 0 Å². The topological polar surface area (TPSA) is 9.23 Å². The molecule has 2 rings (SSSR count). The number of hydrogen-bond donors (Lipinski definition) is 0. The molecule has 1 nitrogen and oxygen atoms in total. The van der Waals surface area contributed by atoms with Crippen LogP contribution in [0.4, 0.5) is 0 Å². The molecular weight excluding hydrogens is 256 g/mol. The van der Waals surface area contributed by atoms with Gasteiger partial charge in [0.05, 0.1) is 6.61 Å². The predicted molar refractivity (Wildman–Crippen MR) is 87.9 cm³/mol. The molecule has 0 unspecified atom stereocenters. The second-order valence-electron chi connectivity index (χ2n) is 5.15. The Morgan fingerprint density at radius 2 is 1.48 bits per heavy atom. The van der Waals surface area contributed by atoms with Crippen LogP contribution in [0.2, 0.25) is 0 Å². The van der Waals surface area contributed by atoms with Crippen LogP contribution >= 0.6 is 0 Å². The van der Waals surface area contributed by atoms with E-state index in [0.717, 1.165) is 11.1 Å². The number of hydrogen-bond acceptors (Lipinski definition) is 1. The SMILES string of the molecule is C#CC(OCC=C(C)C)(c1ccccc1)c1ccccc1. The van der Waals surface area contributed by atoms with Gasteiger partial charge in [0.1, 0.15) is 0 Å². The average Bonchev–Trinajstić information content (AvgIpc) is 2.53. The lowest BCUT2D eigenvalue weighted by atomic mass is 9.87. The molecule has 0 N–H and O–H groups in total. The summed E-state index contributed by atoms with van der Waals surface area (Å²) in [6.45, 7) is 4.58. The third kappa shape index (κ3) is 3.42. The summed E-state index contributed by atoms with van der Waals surface area (Å²) in [5.41, 5.74) is 2.30. The van der Waals surface area contributed by atoms with Gasteiger partial charge in [0, 0.05) is 11.1 Å². The van der Waals surface area contributed by atoms with Crippen LogP contribution in [0.3, 0.4) is 0 Å². The van der Waals surface area contributed by atoms with Gasteiger partial charge in [-0.3, -0.25) is 0 Å². The maximum atomic E-state index is 6.15. The molecule has 0 aromatic heterocycles. The van der Waals surface area contributed by atoms with Gasteiger partial charge in [0.2, 0.25) is 0 Å². The second kappa shape index (κ2) is 6.92. The van der Waals surface area contributed by atoms with Crippen molar-refractivity contribution in [1.29, 1.82) is 0 Å². The van der Waals surface area contributed by atoms with E-state index in [1.807, 2.05) is 80.6 Å². The van der Waals surface area contributed by atoms with E-state index in [9.17, 15) is 0 Å². The highest BCUT2D eigenvalue weighted by molar-refractivity contribution is 5.44. The van der Waals surface area contributed by atoms with Crippen molar-refractivity contribution in [2.45, 2.75) is 19.4 Å². The zero-order valence-electron chi connectivity index (χ0n) is 12.5. The molecule has 0 aliphatic heterocycles. The van der Waals surface area contributed by atoms with Crippen molar-refractivity contribution in [2.75, 3.05) is 6.61 Å². The highest BCUT2D eigenvalue weighted by Gasteiger charge is 2.32. The lowest BCUT2D eigenvalue weighted by Gasteiger charge is -2.29. The lowest BCUT2D eigenvalue weighted by Crippen LogP contribution is -2.29. The van der Waals surface area contributed by atoms with E-state index >= 15 is 0 Å². The van der Waals surface area contributed by atoms with Crippen LogP contribution in [0.15, 0.2) is 72.3 Å². The zero-order valence-corrected chi connectivity index (χ0v) is 12.5. The Morgan fingerprint density at radius 1 is 1.00 bits per heavy atom. The van der Waals surface area contributed by atoms with Crippen LogP contribution in [-0.2, 0) is 10.3 Å². The number of benzene rings is 2. The first-order chi connectivity index (χ1) is 10.2. The van der Waals surface area contributed by atoms with Crippen LogP contribution in [0.1, 0.15) is 25.0 Å². The molecule has 0 saturated heterocycles. The van der Waals surface area contributed by atoms with E-state index in [1.165, 1.54) is 5.57 Å². The van der Waals surface area contributed by atoms with Crippen molar-refractivity contribution < 1.29 is 4.74 Å². The van der Waals surface area contributed by atoms with Crippen molar-refractivity contribution in [2.24, 2.45) is 0 Å². The Labute approximate surface area is 127 Å². The van der Waals surface area contributed by atoms with E-state index in [-0.39, 0.29) is 0 Å². The van der Waals surface area contributed by atoms with Crippen LogP contribution in [-0.4, -0.2) is 6.61 Å². The predicted octanol–water partition coefficient (Wildman–Crippen LogP) is 4.55. The van der Waals surface area contributed by atoms with Crippen LogP contribution in [0, 0.1) is 12.3 Å². The molecule has 106 valence electrons. The van der Waals surface area contributed by atoms with Crippen molar-refractivity contribution >= 4 is 0 Å². The molecule has 2 aromatic rings. The molecule has 2 aromatic carbocycles. The number of rotatable bonds is 5. The van der Waals surface area contributed by atoms with Gasteiger partial charge >= 0.3 is 0 Å². The molecule has 0 amide bonds. The van der Waals surface area contributed by atoms with Gasteiger partial charge in [0.25, 0.3) is 0 Å². The van der Waals surface area contributed by atoms with E-state index < -0.39 is 5.60 Å². The Bertz CT molecular complexity index is 589. The van der Waals surface area contributed by atoms with E-state index in [0.29, 0.717) is 6.61 Å². The largest absolute Gasteiger partial charge is 0.350 e. The van der Waals surface area contributed by atoms with Gasteiger partial charge in [-0.05, 0) is 13.8 Å². The summed E-state index contributed by atoms with van der Waals surface area (Å²) in [6, 6.07) is 19.9. The third-order valence-electron chi connectivity index (χ3n) is 3.36. The molecule has 0 radical (unpaired) electrons. The lowest BCUT2D eigenvalue weighted by molar-refractivity contribution is 0.0463. The number of allylic oxidation sites excluding steroid dienone is 1. The molecule has 0 heterocycles. The molecule has 0 fully saturated rings. The fourth-order valence-corrected chi connectivity index (χ4v) is 2.22. The minimum Gasteiger partial charge on any atom is -0.350 e. The first-order valence-corrected chi connectivity index (χ1v) is 7.05. The minimum atomic E-state index is -0.853. The third-order valence-corrected chi connectivity index (χ3v) is 3.36. The monoisotopic (exact) mass is 276 g/mol. The highest BCUT2D eigenvalue weighted by atomic mass is 16.5. The number of ether oxygens (including phenoxy) is 1. The van der Waals surface area contributed by atoms with E-state index in [2.05, 4.69) is 5.92 Å². The molecule has 21 heavy (non-hydrogen) atoms. The fourth-order valence-electron chi connectivity index (χ4n) is 2.22. The Balaban J connectivity index is 2.47. The van der Waals surface area contributed by atoms with Crippen molar-refractivity contribution in [3.8, 4) is 12.3 Å². The smallest absolute Gasteiger partial charge is 0.179 e. The maximum Gasteiger partial charge on any atom is 0.179 e. The van der Waals surface area contributed by atoms with Gasteiger partial charge in [-0.15, -0.1) is 6.42 Å². The first kappa shape index (κ1) is 15.1. The van der Waals surface area contributed by atoms with E-state index in [1.54, 1.807) is 0 Å². The normalized spacial score (nSPS) is 10.7. The highest BCUT2D eigenvalue weighted by Crippen LogP contribution is 2.33. The van der Waals surface area contributed by atoms with Crippen LogP contribution in [0.5, 0.6) is 0 Å². The summed E-state index contributed by atoms with van der Waals surface area (Å²) < 4.78 is 6.15. The quantitative estimate of drug-likeness (QED) is 0.575. The number of terminal acetylenes is 1. The summed E-state index contributed by atoms with van der Waals surface area (Å²) in [5.74, 6) is 2.87. The molecule has 0 aliphatic carbocycles. The Kier molecular flexibility index (Phi) is 4.98. The first-order valence-electron chi connectivity index (χ1n) is 7.05. The van der Waals surface area contributed by atoms with Crippen molar-refractivity contribution in [3.05, 3.63) is 83.4 Å². The molecule has 0 bridgehead atoms. The standard InChI is InChI=1S/C20H20O/c1-4-20(21-16-15-17(2)3,18-11-7-5-8-12-18)19-13-9-6-10-14-19/h1,5-15H,16H2,2-3H3. The van der Waals surface area contributed by atoms with Gasteiger partial charge in [-0.1, -0.05) is 78.2 Å². The fraction of sp³-hybridized carbons (Fsp3) is 0.200. The molecule has 0 atom stereocenters. The van der Waals surface area contributed by atoms with Crippen LogP contribution < -0.4 is 0 Å². The average molecular weight is 276 g/mol. The molecule has 0 saturated carbocycles. The molecule has 1 heteroatoms. The summed E-state index contributed by atoms with van der Waals surface area (Å²) in [5, 5.41) is 0. The van der Waals surface area contributed by atoms with Gasteiger partial charge < -0.3 is 4.74 Å². The summed E-state index contributed by atoms with van der Waals surface area (Å²) >= 11 is 0. The Hall–Kier alpha value is -2.30. The molecular formula is C20H20O. The molecule has 0 spiro atoms. The Morgan fingerprint density at radius 3 is 1.86 bits per heavy atom. The second-order valence-corrected chi connectivity index (χ2v) is 5.15. The summed E-state index contributed by atoms with van der Waals surface area (Å²) in [6.07, 6.45) is 7.93. The van der Waals surface area contributed by atoms with Gasteiger partial charge in [-0.2, -0.15) is 0 Å². The van der Waals surface area contributed by atoms with Crippen molar-refractivity contribution in [3.63, 3.8) is 0 Å². The van der Waals surface area contributed by atoms with E-state index in [4.69, 9.17) is 11.2 Å². The minimum absolute atomic E-state index is 0.482. The van der Waals surface area contributed by atoms with Crippen LogP contribution in [0.25, 0.3) is 0 Å².